The summed E-state index contributed by atoms with van der Waals surface area (Å²) in [5, 5.41) is 0.645. The molecule has 178 valence electrons. The van der Waals surface area contributed by atoms with E-state index < -0.39 is 0 Å². The Kier molecular flexibility index (Phi) is 7.80. The van der Waals surface area contributed by atoms with Gasteiger partial charge in [0, 0.05) is 64.3 Å². The summed E-state index contributed by atoms with van der Waals surface area (Å²) >= 11 is 6.67. The number of Topliss-reactive ketones (excluding diaryl/α,β-unsaturated/α-hetero) is 1. The van der Waals surface area contributed by atoms with Gasteiger partial charge in [-0.15, -0.1) is 0 Å². The maximum Gasteiger partial charge on any atom is 0.137 e. The summed E-state index contributed by atoms with van der Waals surface area (Å²) in [6.07, 6.45) is 10.1. The van der Waals surface area contributed by atoms with Crippen molar-refractivity contribution >= 4 is 17.4 Å². The van der Waals surface area contributed by atoms with Gasteiger partial charge < -0.3 is 4.90 Å². The Morgan fingerprint density at radius 2 is 1.76 bits per heavy atom. The summed E-state index contributed by atoms with van der Waals surface area (Å²) in [5.41, 5.74) is 5.98. The van der Waals surface area contributed by atoms with Crippen LogP contribution in [0.1, 0.15) is 57.7 Å². The fourth-order valence-electron chi connectivity index (χ4n) is 4.49. The smallest absolute Gasteiger partial charge is 0.137 e. The Morgan fingerprint density at radius 3 is 2.50 bits per heavy atom. The van der Waals surface area contributed by atoms with Gasteiger partial charge in [-0.05, 0) is 74.3 Å². The maximum absolute atomic E-state index is 12.5. The lowest BCUT2D eigenvalue weighted by atomic mass is 9.90. The maximum atomic E-state index is 12.5. The minimum absolute atomic E-state index is 0.0220. The Morgan fingerprint density at radius 1 is 1.00 bits per heavy atom. The Balaban J connectivity index is 1.44. The van der Waals surface area contributed by atoms with E-state index in [1.807, 2.05) is 42.9 Å². The number of carbonyl (C=O) groups excluding carboxylic acids is 1. The normalized spacial score (nSPS) is 14.5. The molecule has 34 heavy (non-hydrogen) atoms. The number of rotatable bonds is 8. The van der Waals surface area contributed by atoms with Crippen molar-refractivity contribution in [3.63, 3.8) is 0 Å². The topological polar surface area (TPSA) is 46.1 Å². The van der Waals surface area contributed by atoms with Gasteiger partial charge in [0.1, 0.15) is 5.78 Å². The SMILES string of the molecule is CC(C)(C)c1cc(-c2cncc(-c3ccc(CC(=O)CCCN4CCCC4)cc3Cl)c2)ccn1. The largest absolute Gasteiger partial charge is 0.303 e. The number of carbonyl (C=O) groups is 1. The van der Waals surface area contributed by atoms with Gasteiger partial charge in [0.25, 0.3) is 0 Å². The van der Waals surface area contributed by atoms with E-state index in [-0.39, 0.29) is 11.2 Å². The molecule has 0 saturated carbocycles. The van der Waals surface area contributed by atoms with Crippen LogP contribution >= 0.6 is 11.6 Å². The van der Waals surface area contributed by atoms with Crippen LogP contribution in [0.4, 0.5) is 0 Å². The fourth-order valence-corrected chi connectivity index (χ4v) is 4.80. The molecule has 0 radical (unpaired) electrons. The standard InChI is InChI=1S/C29H34ClN3O/c1-29(2,3)28-18-22(10-11-32-28)23-17-24(20-31-19-23)26-9-8-21(16-27(26)30)15-25(34)7-6-14-33-12-4-5-13-33/h8-11,16-20H,4-7,12-15H2,1-3H3. The number of aromatic nitrogens is 2. The lowest BCUT2D eigenvalue weighted by molar-refractivity contribution is -0.118. The Labute approximate surface area is 208 Å². The second-order valence-electron chi connectivity index (χ2n) is 10.3. The van der Waals surface area contributed by atoms with Gasteiger partial charge in [-0.1, -0.05) is 44.5 Å². The highest BCUT2D eigenvalue weighted by Crippen LogP contribution is 2.32. The molecule has 0 aliphatic carbocycles. The number of nitrogens with zero attached hydrogens (tertiary/aromatic N) is 3. The van der Waals surface area contributed by atoms with E-state index in [1.165, 1.54) is 25.9 Å². The van der Waals surface area contributed by atoms with Crippen LogP contribution in [0, 0.1) is 0 Å². The molecule has 0 amide bonds. The van der Waals surface area contributed by atoms with Crippen LogP contribution in [0.5, 0.6) is 0 Å². The quantitative estimate of drug-likeness (QED) is 0.361. The minimum Gasteiger partial charge on any atom is -0.303 e. The van der Waals surface area contributed by atoms with Gasteiger partial charge in [0.15, 0.2) is 0 Å². The molecule has 5 heteroatoms. The summed E-state index contributed by atoms with van der Waals surface area (Å²) < 4.78 is 0. The summed E-state index contributed by atoms with van der Waals surface area (Å²) in [5.74, 6) is 0.277. The summed E-state index contributed by atoms with van der Waals surface area (Å²) in [6.45, 7) is 9.87. The van der Waals surface area contributed by atoms with Gasteiger partial charge in [0.2, 0.25) is 0 Å². The van der Waals surface area contributed by atoms with Crippen LogP contribution in [-0.2, 0) is 16.6 Å². The van der Waals surface area contributed by atoms with E-state index in [0.29, 0.717) is 17.9 Å². The van der Waals surface area contributed by atoms with Crippen LogP contribution in [0.15, 0.2) is 55.0 Å². The van der Waals surface area contributed by atoms with E-state index in [0.717, 1.165) is 46.5 Å². The summed E-state index contributed by atoms with van der Waals surface area (Å²) in [7, 11) is 0. The third kappa shape index (κ3) is 6.31. The number of hydrogen-bond donors (Lipinski definition) is 0. The van der Waals surface area contributed by atoms with Crippen LogP contribution < -0.4 is 0 Å². The number of pyridine rings is 2. The molecular formula is C29H34ClN3O. The predicted molar refractivity (Wildman–Crippen MR) is 140 cm³/mol. The van der Waals surface area contributed by atoms with E-state index in [2.05, 4.69) is 47.8 Å². The fraction of sp³-hybridized carbons (Fsp3) is 0.414. The van der Waals surface area contributed by atoms with Gasteiger partial charge in [0.05, 0.1) is 0 Å². The van der Waals surface area contributed by atoms with Crippen LogP contribution in [0.3, 0.4) is 0 Å². The summed E-state index contributed by atoms with van der Waals surface area (Å²) in [4.78, 5) is 23.9. The second kappa shape index (κ2) is 10.8. The average Bonchev–Trinajstić information content (AvgIpc) is 3.32. The highest BCUT2D eigenvalue weighted by Gasteiger charge is 2.16. The van der Waals surface area contributed by atoms with E-state index in [4.69, 9.17) is 11.6 Å². The zero-order valence-corrected chi connectivity index (χ0v) is 21.2. The summed E-state index contributed by atoms with van der Waals surface area (Å²) in [6, 6.07) is 12.2. The van der Waals surface area contributed by atoms with Crippen molar-refractivity contribution < 1.29 is 4.79 Å². The number of ketones is 1. The molecule has 1 saturated heterocycles. The van der Waals surface area contributed by atoms with Gasteiger partial charge in [-0.25, -0.2) is 0 Å². The van der Waals surface area contributed by atoms with Crippen LogP contribution in [-0.4, -0.2) is 40.3 Å². The average molecular weight is 476 g/mol. The number of hydrogen-bond acceptors (Lipinski definition) is 4. The van der Waals surface area contributed by atoms with E-state index in [1.54, 1.807) is 0 Å². The third-order valence-electron chi connectivity index (χ3n) is 6.47. The van der Waals surface area contributed by atoms with Crippen molar-refractivity contribution in [3.8, 4) is 22.3 Å². The highest BCUT2D eigenvalue weighted by molar-refractivity contribution is 6.33. The zero-order chi connectivity index (χ0) is 24.1. The first-order chi connectivity index (χ1) is 16.3. The van der Waals surface area contributed by atoms with Crippen molar-refractivity contribution in [1.29, 1.82) is 0 Å². The Bertz CT molecular complexity index is 1150. The Hall–Kier alpha value is -2.56. The molecule has 0 bridgehead atoms. The predicted octanol–water partition coefficient (Wildman–Crippen LogP) is 6.75. The molecule has 3 heterocycles. The van der Waals surface area contributed by atoms with E-state index in [9.17, 15) is 4.79 Å². The molecule has 1 aliphatic rings. The molecule has 1 fully saturated rings. The van der Waals surface area contributed by atoms with Crippen molar-refractivity contribution in [2.45, 2.75) is 58.3 Å². The molecule has 0 N–H and O–H groups in total. The van der Waals surface area contributed by atoms with Crippen LogP contribution in [0.2, 0.25) is 5.02 Å². The minimum atomic E-state index is -0.0220. The van der Waals surface area contributed by atoms with Crippen molar-refractivity contribution in [2.75, 3.05) is 19.6 Å². The van der Waals surface area contributed by atoms with Crippen molar-refractivity contribution in [1.82, 2.24) is 14.9 Å². The lowest BCUT2D eigenvalue weighted by Gasteiger charge is -2.18. The number of likely N-dealkylation sites (tertiary alicyclic amines) is 1. The van der Waals surface area contributed by atoms with Crippen molar-refractivity contribution in [3.05, 3.63) is 71.3 Å². The lowest BCUT2D eigenvalue weighted by Crippen LogP contribution is -2.21. The molecular weight excluding hydrogens is 442 g/mol. The number of benzene rings is 1. The molecule has 2 aromatic heterocycles. The molecule has 0 unspecified atom stereocenters. The highest BCUT2D eigenvalue weighted by atomic mass is 35.5. The zero-order valence-electron chi connectivity index (χ0n) is 20.5. The van der Waals surface area contributed by atoms with Gasteiger partial charge in [-0.3, -0.25) is 14.8 Å². The molecule has 4 rings (SSSR count). The molecule has 1 aromatic carbocycles. The third-order valence-corrected chi connectivity index (χ3v) is 6.79. The number of halogens is 1. The molecule has 3 aromatic rings. The monoisotopic (exact) mass is 475 g/mol. The van der Waals surface area contributed by atoms with Gasteiger partial charge in [-0.2, -0.15) is 0 Å². The van der Waals surface area contributed by atoms with Gasteiger partial charge >= 0.3 is 0 Å². The molecule has 0 spiro atoms. The van der Waals surface area contributed by atoms with E-state index >= 15 is 0 Å². The van der Waals surface area contributed by atoms with Crippen LogP contribution in [0.25, 0.3) is 22.3 Å². The molecule has 0 atom stereocenters. The first kappa shape index (κ1) is 24.6. The first-order valence-corrected chi connectivity index (χ1v) is 12.6. The van der Waals surface area contributed by atoms with Crippen molar-refractivity contribution in [2.24, 2.45) is 0 Å². The molecule has 4 nitrogen and oxygen atoms in total. The molecule has 1 aliphatic heterocycles. The second-order valence-corrected chi connectivity index (χ2v) is 10.7. The first-order valence-electron chi connectivity index (χ1n) is 12.2.